The fourth-order valence-corrected chi connectivity index (χ4v) is 3.48. The molecule has 4 nitrogen and oxygen atoms in total. The van der Waals surface area contributed by atoms with Gasteiger partial charge in [-0.25, -0.2) is 4.39 Å². The summed E-state index contributed by atoms with van der Waals surface area (Å²) in [6.45, 7) is -2.39. The maximum absolute atomic E-state index is 13.6. The summed E-state index contributed by atoms with van der Waals surface area (Å²) in [6.07, 6.45) is -13.4. The van der Waals surface area contributed by atoms with Gasteiger partial charge in [0, 0.05) is 4.47 Å². The van der Waals surface area contributed by atoms with Gasteiger partial charge in [-0.2, -0.15) is 39.5 Å². The van der Waals surface area contributed by atoms with Crippen LogP contribution >= 0.6 is 15.9 Å². The Morgan fingerprint density at radius 2 is 1.57 bits per heavy atom. The molecule has 15 heteroatoms. The molecular weight excluding hydrogens is 594 g/mol. The van der Waals surface area contributed by atoms with Crippen molar-refractivity contribution in [1.29, 1.82) is 0 Å². The third-order valence-electron chi connectivity index (χ3n) is 4.57. The molecule has 37 heavy (non-hydrogen) atoms. The zero-order valence-electron chi connectivity index (χ0n) is 18.1. The fourth-order valence-electron chi connectivity index (χ4n) is 2.91. The van der Waals surface area contributed by atoms with Crippen molar-refractivity contribution in [2.45, 2.75) is 24.4 Å². The number of carbonyl (C=O) groups is 2. The van der Waals surface area contributed by atoms with Gasteiger partial charge in [0.2, 0.25) is 5.91 Å². The van der Waals surface area contributed by atoms with Crippen LogP contribution in [0.5, 0.6) is 0 Å². The highest BCUT2D eigenvalue weighted by atomic mass is 79.9. The Morgan fingerprint density at radius 1 is 0.919 bits per heavy atom. The highest BCUT2D eigenvalue weighted by Gasteiger charge is 2.41. The number of rotatable bonds is 7. The molecule has 2 aromatic rings. The van der Waals surface area contributed by atoms with Gasteiger partial charge in [0.05, 0.1) is 23.6 Å². The van der Waals surface area contributed by atoms with Crippen molar-refractivity contribution < 1.29 is 53.5 Å². The summed E-state index contributed by atoms with van der Waals surface area (Å²) in [6, 6.07) is 4.07. The molecule has 2 aromatic carbocycles. The summed E-state index contributed by atoms with van der Waals surface area (Å²) < 4.78 is 129. The van der Waals surface area contributed by atoms with Gasteiger partial charge in [0.15, 0.2) is 0 Å². The summed E-state index contributed by atoms with van der Waals surface area (Å²) in [7, 11) is 0. The molecule has 0 heterocycles. The van der Waals surface area contributed by atoms with Crippen LogP contribution in [0, 0.1) is 5.82 Å². The van der Waals surface area contributed by atoms with Crippen LogP contribution in [0.1, 0.15) is 33.0 Å². The summed E-state index contributed by atoms with van der Waals surface area (Å²) >= 11 is 3.00. The molecule has 2 rings (SSSR count). The highest BCUT2D eigenvalue weighted by Crippen LogP contribution is 2.39. The van der Waals surface area contributed by atoms with Gasteiger partial charge in [0.25, 0.3) is 5.91 Å². The van der Waals surface area contributed by atoms with Crippen molar-refractivity contribution in [3.05, 3.63) is 75.0 Å². The van der Waals surface area contributed by atoms with Crippen LogP contribution in [0.15, 0.2) is 46.9 Å². The minimum Gasteiger partial charge on any atom is -0.345 e. The van der Waals surface area contributed by atoms with Gasteiger partial charge in [0.1, 0.15) is 12.4 Å². The Hall–Kier alpha value is -3.10. The van der Waals surface area contributed by atoms with E-state index in [0.29, 0.717) is 12.1 Å². The molecule has 202 valence electrons. The number of carbonyl (C=O) groups excluding carboxylic acids is 2. The van der Waals surface area contributed by atoms with Gasteiger partial charge in [-0.1, -0.05) is 18.2 Å². The van der Waals surface area contributed by atoms with E-state index in [1.165, 1.54) is 12.1 Å². The minimum absolute atomic E-state index is 0.0246. The largest absolute Gasteiger partial charge is 0.416 e. The topological polar surface area (TPSA) is 58.2 Å². The normalized spacial score (nSPS) is 13.5. The maximum atomic E-state index is 13.6. The van der Waals surface area contributed by atoms with Crippen molar-refractivity contribution in [3.63, 3.8) is 0 Å². The average Bonchev–Trinajstić information content (AvgIpc) is 2.74. The number of hydrogen-bond donors (Lipinski definition) is 2. The Balaban J connectivity index is 2.20. The molecule has 2 N–H and O–H groups in total. The third-order valence-corrected chi connectivity index (χ3v) is 5.23. The minimum atomic E-state index is -5.07. The molecule has 0 saturated heterocycles. The van der Waals surface area contributed by atoms with Gasteiger partial charge >= 0.3 is 18.5 Å². The molecular formula is C22H15BrF10N2O2. The monoisotopic (exact) mass is 608 g/mol. The van der Waals surface area contributed by atoms with Gasteiger partial charge in [-0.15, -0.1) is 0 Å². The quantitative estimate of drug-likeness (QED) is 0.359. The Morgan fingerprint density at radius 3 is 2.11 bits per heavy atom. The van der Waals surface area contributed by atoms with Crippen LogP contribution in [-0.4, -0.2) is 37.3 Å². The Kier molecular flexibility index (Phi) is 9.38. The van der Waals surface area contributed by atoms with E-state index in [2.05, 4.69) is 21.2 Å². The number of allylic oxidation sites excluding steroid dienone is 1. The molecule has 0 aliphatic heterocycles. The number of benzene rings is 2. The van der Waals surface area contributed by atoms with Crippen LogP contribution in [0.3, 0.4) is 0 Å². The lowest BCUT2D eigenvalue weighted by atomic mass is 9.95. The molecule has 0 radical (unpaired) electrons. The smallest absolute Gasteiger partial charge is 0.345 e. The summed E-state index contributed by atoms with van der Waals surface area (Å²) in [4.78, 5) is 23.6. The zero-order valence-corrected chi connectivity index (χ0v) is 19.7. The fraction of sp³-hybridized carbons (Fsp3) is 0.273. The van der Waals surface area contributed by atoms with Crippen molar-refractivity contribution >= 4 is 33.8 Å². The molecule has 2 amide bonds. The Labute approximate surface area is 210 Å². The van der Waals surface area contributed by atoms with E-state index in [-0.39, 0.29) is 27.7 Å². The zero-order chi connectivity index (χ0) is 28.2. The molecule has 1 unspecified atom stereocenters. The van der Waals surface area contributed by atoms with E-state index in [1.807, 2.05) is 0 Å². The van der Waals surface area contributed by atoms with Crippen molar-refractivity contribution in [3.8, 4) is 0 Å². The first-order valence-corrected chi connectivity index (χ1v) is 10.7. The van der Waals surface area contributed by atoms with E-state index in [9.17, 15) is 53.5 Å². The number of halogens is 11. The van der Waals surface area contributed by atoms with Crippen molar-refractivity contribution in [2.24, 2.45) is 0 Å². The van der Waals surface area contributed by atoms with Crippen molar-refractivity contribution in [2.75, 3.05) is 13.1 Å². The summed E-state index contributed by atoms with van der Waals surface area (Å²) in [5.74, 6) is -6.11. The van der Waals surface area contributed by atoms with Gasteiger partial charge in [-0.05, 0) is 57.4 Å². The third kappa shape index (κ3) is 9.37. The second kappa shape index (κ2) is 11.5. The molecule has 0 saturated carbocycles. The van der Waals surface area contributed by atoms with Crippen LogP contribution < -0.4 is 10.6 Å². The first kappa shape index (κ1) is 30.1. The maximum Gasteiger partial charge on any atom is 0.416 e. The van der Waals surface area contributed by atoms with E-state index >= 15 is 0 Å². The van der Waals surface area contributed by atoms with Crippen LogP contribution in [0.2, 0.25) is 0 Å². The number of hydrogen-bond acceptors (Lipinski definition) is 2. The second-order valence-electron chi connectivity index (χ2n) is 7.46. The van der Waals surface area contributed by atoms with Crippen molar-refractivity contribution in [1.82, 2.24) is 10.6 Å². The van der Waals surface area contributed by atoms with E-state index in [0.717, 1.165) is 12.1 Å². The first-order valence-electron chi connectivity index (χ1n) is 9.90. The summed E-state index contributed by atoms with van der Waals surface area (Å²) in [5.41, 5.74) is -2.62. The van der Waals surface area contributed by atoms with Gasteiger partial charge < -0.3 is 10.6 Å². The first-order chi connectivity index (χ1) is 16.9. The highest BCUT2D eigenvalue weighted by molar-refractivity contribution is 9.10. The number of amides is 2. The van der Waals surface area contributed by atoms with E-state index in [1.54, 1.807) is 5.32 Å². The Bertz CT molecular complexity index is 1170. The summed E-state index contributed by atoms with van der Waals surface area (Å²) in [5, 5.41) is 3.61. The lowest BCUT2D eigenvalue weighted by Crippen LogP contribution is -2.40. The van der Waals surface area contributed by atoms with Crippen LogP contribution in [0.4, 0.5) is 43.9 Å². The predicted octanol–water partition coefficient (Wildman–Crippen LogP) is 6.37. The molecule has 0 bridgehead atoms. The average molecular weight is 609 g/mol. The lowest BCUT2D eigenvalue weighted by Gasteiger charge is -2.19. The molecule has 0 aliphatic rings. The van der Waals surface area contributed by atoms with E-state index < -0.39 is 66.3 Å². The molecule has 0 aromatic heterocycles. The molecule has 0 spiro atoms. The number of nitrogens with one attached hydrogen (secondary N) is 2. The molecule has 1 atom stereocenters. The van der Waals surface area contributed by atoms with Crippen LogP contribution in [-0.2, 0) is 11.0 Å². The van der Waals surface area contributed by atoms with Gasteiger partial charge in [-0.3, -0.25) is 9.59 Å². The SMILES string of the molecule is O=C(CNC(=O)c1ccc(/C=C/C(c2cc(F)cc(C(F)(F)F)c2)C(F)(F)F)cc1Br)NCC(F)(F)F. The van der Waals surface area contributed by atoms with Crippen LogP contribution in [0.25, 0.3) is 6.08 Å². The lowest BCUT2D eigenvalue weighted by molar-refractivity contribution is -0.142. The molecule has 0 fully saturated rings. The second-order valence-corrected chi connectivity index (χ2v) is 8.32. The molecule has 0 aliphatic carbocycles. The van der Waals surface area contributed by atoms with E-state index in [4.69, 9.17) is 0 Å². The predicted molar refractivity (Wildman–Crippen MR) is 115 cm³/mol. The number of alkyl halides is 9. The standard InChI is InChI=1S/C22H15BrF10N2O2/c23-17-5-11(1-3-15(17)19(37)34-9-18(36)35-10-20(25,26)27)2-4-16(22(31,32)33)12-6-13(21(28,29)30)8-14(24)7-12/h1-8,16H,9-10H2,(H,34,37)(H,35,36)/b4-2+.